The van der Waals surface area contributed by atoms with Gasteiger partial charge in [-0.2, -0.15) is 0 Å². The summed E-state index contributed by atoms with van der Waals surface area (Å²) in [4.78, 5) is 7.39. The molecule has 0 aliphatic heterocycles. The fraction of sp³-hybridized carbons (Fsp3) is 0.0909. The lowest BCUT2D eigenvalue weighted by Crippen LogP contribution is -1.99. The highest BCUT2D eigenvalue weighted by Crippen LogP contribution is 2.28. The van der Waals surface area contributed by atoms with Crippen LogP contribution < -0.4 is 4.74 Å². The molecular weight excluding hydrogens is 269 g/mol. The monoisotopic (exact) mass is 274 g/mol. The molecule has 1 aromatic carbocycles. The van der Waals surface area contributed by atoms with Gasteiger partial charge in [0.1, 0.15) is 5.75 Å². The van der Waals surface area contributed by atoms with E-state index in [0.717, 1.165) is 6.07 Å². The first kappa shape index (κ1) is 12.6. The van der Waals surface area contributed by atoms with Crippen molar-refractivity contribution in [2.24, 2.45) is 0 Å². The van der Waals surface area contributed by atoms with E-state index in [0.29, 0.717) is 0 Å². The predicted molar refractivity (Wildman–Crippen MR) is 58.2 cm³/mol. The van der Waals surface area contributed by atoms with Crippen LogP contribution in [0, 0.1) is 24.4 Å². The molecule has 0 saturated heterocycles. The molecule has 2 aromatic rings. The minimum Gasteiger partial charge on any atom is -0.424 e. The van der Waals surface area contributed by atoms with Crippen LogP contribution in [-0.4, -0.2) is 9.97 Å². The van der Waals surface area contributed by atoms with Gasteiger partial charge < -0.3 is 4.74 Å². The molecule has 1 aromatic heterocycles. The molecular formula is C11H6ClF3N2O. The van der Waals surface area contributed by atoms with E-state index in [4.69, 9.17) is 16.3 Å². The smallest absolute Gasteiger partial charge is 0.321 e. The van der Waals surface area contributed by atoms with Crippen LogP contribution in [0.4, 0.5) is 13.2 Å². The third-order valence-electron chi connectivity index (χ3n) is 2.16. The van der Waals surface area contributed by atoms with Crippen LogP contribution in [0.2, 0.25) is 5.02 Å². The van der Waals surface area contributed by atoms with Gasteiger partial charge in [-0.05, 0) is 6.92 Å². The summed E-state index contributed by atoms with van der Waals surface area (Å²) in [6.45, 7) is 1.25. The highest BCUT2D eigenvalue weighted by Gasteiger charge is 2.17. The van der Waals surface area contributed by atoms with Crippen molar-refractivity contribution < 1.29 is 17.9 Å². The lowest BCUT2D eigenvalue weighted by Gasteiger charge is -2.08. The fourth-order valence-electron chi connectivity index (χ4n) is 1.22. The second-order valence-corrected chi connectivity index (χ2v) is 3.83. The Balaban J connectivity index is 2.38. The quantitative estimate of drug-likeness (QED) is 0.784. The number of rotatable bonds is 2. The zero-order valence-corrected chi connectivity index (χ0v) is 9.80. The number of nitrogens with zero attached hydrogens (tertiary/aromatic N) is 2. The molecule has 0 radical (unpaired) electrons. The normalized spacial score (nSPS) is 10.5. The summed E-state index contributed by atoms with van der Waals surface area (Å²) in [6, 6.07) is 0.582. The first-order chi connectivity index (χ1) is 8.49. The third kappa shape index (κ3) is 2.38. The van der Waals surface area contributed by atoms with E-state index in [1.807, 2.05) is 0 Å². The number of benzene rings is 1. The summed E-state index contributed by atoms with van der Waals surface area (Å²) in [6.07, 6.45) is 2.52. The maximum absolute atomic E-state index is 13.3. The molecule has 0 fully saturated rings. The van der Waals surface area contributed by atoms with E-state index in [1.54, 1.807) is 0 Å². The molecule has 7 heteroatoms. The molecule has 94 valence electrons. The topological polar surface area (TPSA) is 35.0 Å². The number of halogens is 4. The van der Waals surface area contributed by atoms with E-state index < -0.39 is 17.5 Å². The number of ether oxygens (including phenoxy) is 1. The predicted octanol–water partition coefficient (Wildman–Crippen LogP) is 3.65. The Morgan fingerprint density at radius 2 is 1.72 bits per heavy atom. The summed E-state index contributed by atoms with van der Waals surface area (Å²) in [7, 11) is 0. The molecule has 2 rings (SSSR count). The van der Waals surface area contributed by atoms with Gasteiger partial charge in [-0.25, -0.2) is 23.1 Å². The Morgan fingerprint density at radius 1 is 1.11 bits per heavy atom. The van der Waals surface area contributed by atoms with Crippen molar-refractivity contribution in [3.05, 3.63) is 46.5 Å². The van der Waals surface area contributed by atoms with Gasteiger partial charge in [0.15, 0.2) is 17.5 Å². The van der Waals surface area contributed by atoms with E-state index in [-0.39, 0.29) is 22.3 Å². The standard InChI is InChI=1S/C11H6ClF3N2O/c1-5-8(2-7(13)10(15)9(5)14)18-11-16-3-6(12)4-17-11/h2-4H,1H3. The minimum atomic E-state index is -1.54. The van der Waals surface area contributed by atoms with Crippen molar-refractivity contribution >= 4 is 11.6 Å². The zero-order valence-electron chi connectivity index (χ0n) is 9.05. The van der Waals surface area contributed by atoms with Crippen molar-refractivity contribution in [1.82, 2.24) is 9.97 Å². The van der Waals surface area contributed by atoms with Gasteiger partial charge in [0.25, 0.3) is 0 Å². The van der Waals surface area contributed by atoms with Crippen molar-refractivity contribution in [2.45, 2.75) is 6.92 Å². The first-order valence-corrected chi connectivity index (χ1v) is 5.16. The summed E-state index contributed by atoms with van der Waals surface area (Å²) in [5, 5.41) is 0.288. The molecule has 0 bridgehead atoms. The highest BCUT2D eigenvalue weighted by atomic mass is 35.5. The second-order valence-electron chi connectivity index (χ2n) is 3.40. The van der Waals surface area contributed by atoms with Crippen LogP contribution in [-0.2, 0) is 0 Å². The van der Waals surface area contributed by atoms with E-state index in [9.17, 15) is 13.2 Å². The van der Waals surface area contributed by atoms with Gasteiger partial charge in [0, 0.05) is 11.6 Å². The highest BCUT2D eigenvalue weighted by molar-refractivity contribution is 6.30. The summed E-state index contributed by atoms with van der Waals surface area (Å²) in [5.74, 6) is -4.40. The van der Waals surface area contributed by atoms with Gasteiger partial charge in [0.2, 0.25) is 0 Å². The number of aromatic nitrogens is 2. The molecule has 0 aliphatic rings. The average Bonchev–Trinajstić information content (AvgIpc) is 2.36. The summed E-state index contributed by atoms with van der Waals surface area (Å²) in [5.41, 5.74) is -0.174. The van der Waals surface area contributed by atoms with Crippen molar-refractivity contribution in [2.75, 3.05) is 0 Å². The van der Waals surface area contributed by atoms with Crippen LogP contribution in [0.3, 0.4) is 0 Å². The Bertz CT molecular complexity index is 590. The zero-order chi connectivity index (χ0) is 13.3. The molecule has 0 spiro atoms. The third-order valence-corrected chi connectivity index (χ3v) is 2.35. The van der Waals surface area contributed by atoms with Crippen LogP contribution in [0.1, 0.15) is 5.56 Å². The maximum Gasteiger partial charge on any atom is 0.321 e. The Hall–Kier alpha value is -1.82. The van der Waals surface area contributed by atoms with Gasteiger partial charge in [-0.15, -0.1) is 0 Å². The lowest BCUT2D eigenvalue weighted by molar-refractivity contribution is 0.403. The van der Waals surface area contributed by atoms with Gasteiger partial charge in [0.05, 0.1) is 17.4 Å². The van der Waals surface area contributed by atoms with Crippen LogP contribution in [0.5, 0.6) is 11.8 Å². The molecule has 0 atom stereocenters. The SMILES string of the molecule is Cc1c(Oc2ncc(Cl)cn2)cc(F)c(F)c1F. The average molecular weight is 275 g/mol. The lowest BCUT2D eigenvalue weighted by atomic mass is 10.2. The van der Waals surface area contributed by atoms with Crippen LogP contribution >= 0.6 is 11.6 Å². The number of hydrogen-bond acceptors (Lipinski definition) is 3. The molecule has 0 saturated carbocycles. The summed E-state index contributed by atoms with van der Waals surface area (Å²) >= 11 is 5.57. The minimum absolute atomic E-state index is 0.145. The molecule has 3 nitrogen and oxygen atoms in total. The Kier molecular flexibility index (Phi) is 3.38. The van der Waals surface area contributed by atoms with Gasteiger partial charge in [-0.1, -0.05) is 11.6 Å². The first-order valence-electron chi connectivity index (χ1n) is 4.78. The Labute approximate surface area is 105 Å². The van der Waals surface area contributed by atoms with Gasteiger partial charge >= 0.3 is 6.01 Å². The van der Waals surface area contributed by atoms with Crippen molar-refractivity contribution in [3.63, 3.8) is 0 Å². The molecule has 0 unspecified atom stereocenters. The second kappa shape index (κ2) is 4.81. The van der Waals surface area contributed by atoms with Crippen LogP contribution in [0.15, 0.2) is 18.5 Å². The largest absolute Gasteiger partial charge is 0.424 e. The van der Waals surface area contributed by atoms with Crippen molar-refractivity contribution in [3.8, 4) is 11.8 Å². The molecule has 0 N–H and O–H groups in total. The van der Waals surface area contributed by atoms with E-state index >= 15 is 0 Å². The van der Waals surface area contributed by atoms with Gasteiger partial charge in [-0.3, -0.25) is 0 Å². The van der Waals surface area contributed by atoms with Crippen molar-refractivity contribution in [1.29, 1.82) is 0 Å². The molecule has 0 aliphatic carbocycles. The molecule has 1 heterocycles. The van der Waals surface area contributed by atoms with E-state index in [2.05, 4.69) is 9.97 Å². The van der Waals surface area contributed by atoms with Crippen LogP contribution in [0.25, 0.3) is 0 Å². The fourth-order valence-corrected chi connectivity index (χ4v) is 1.32. The summed E-state index contributed by atoms with van der Waals surface area (Å²) < 4.78 is 44.3. The molecule has 18 heavy (non-hydrogen) atoms. The maximum atomic E-state index is 13.3. The molecule has 0 amide bonds. The number of hydrogen-bond donors (Lipinski definition) is 0. The Morgan fingerprint density at radius 3 is 2.33 bits per heavy atom. The van der Waals surface area contributed by atoms with E-state index in [1.165, 1.54) is 19.3 Å².